The lowest BCUT2D eigenvalue weighted by Gasteiger charge is -2.31. The minimum Gasteiger partial charge on any atom is -0.378 e. The van der Waals surface area contributed by atoms with E-state index in [-0.39, 0.29) is 0 Å². The van der Waals surface area contributed by atoms with Crippen LogP contribution < -0.4 is 5.32 Å². The van der Waals surface area contributed by atoms with E-state index in [4.69, 9.17) is 17.0 Å². The summed E-state index contributed by atoms with van der Waals surface area (Å²) in [6.45, 7) is 3.31. The van der Waals surface area contributed by atoms with Crippen LogP contribution in [0.2, 0.25) is 0 Å². The molecule has 0 aromatic heterocycles. The van der Waals surface area contributed by atoms with Crippen LogP contribution in [0, 0.1) is 0 Å². The Morgan fingerprint density at radius 2 is 1.92 bits per heavy atom. The maximum atomic E-state index is 5.75. The second-order valence-electron chi connectivity index (χ2n) is 6.55. The van der Waals surface area contributed by atoms with Crippen molar-refractivity contribution in [2.24, 2.45) is 5.10 Å². The van der Waals surface area contributed by atoms with Crippen LogP contribution in [-0.2, 0) is 4.74 Å². The maximum Gasteiger partial charge on any atom is 0.108 e. The molecule has 1 aliphatic carbocycles. The zero-order valence-electron chi connectivity index (χ0n) is 15.4. The molecule has 0 spiro atoms. The topological polar surface area (TPSA) is 40.1 Å². The Hall–Kier alpha value is -2.18. The van der Waals surface area contributed by atoms with E-state index in [1.54, 1.807) is 5.01 Å². The molecular weight excluding hydrogens is 344 g/mol. The normalized spacial score (nSPS) is 19.5. The molecule has 138 valence electrons. The van der Waals surface area contributed by atoms with Gasteiger partial charge in [0.05, 0.1) is 13.2 Å². The lowest BCUT2D eigenvalue weighted by Crippen LogP contribution is -2.36. The number of hydrogen-bond donors (Lipinski definition) is 1. The zero-order valence-corrected chi connectivity index (χ0v) is 16.3. The van der Waals surface area contributed by atoms with Gasteiger partial charge in [-0.15, -0.1) is 0 Å². The van der Waals surface area contributed by atoms with Crippen LogP contribution >= 0.6 is 12.2 Å². The minimum absolute atomic E-state index is 0.759. The third-order valence-corrected chi connectivity index (χ3v) is 4.79. The van der Waals surface area contributed by atoms with E-state index in [1.807, 2.05) is 50.6 Å². The predicted octanol–water partition coefficient (Wildman–Crippen LogP) is 3.28. The molecule has 0 saturated carbocycles. The van der Waals surface area contributed by atoms with Gasteiger partial charge < -0.3 is 20.0 Å². The van der Waals surface area contributed by atoms with Crippen LogP contribution in [0.5, 0.6) is 0 Å². The Balaban J connectivity index is 1.87. The van der Waals surface area contributed by atoms with Crippen LogP contribution in [0.4, 0.5) is 5.69 Å². The zero-order chi connectivity index (χ0) is 18.4. The Kier molecular flexibility index (Phi) is 6.41. The number of ether oxygens (including phenoxy) is 1. The highest BCUT2D eigenvalue weighted by Gasteiger charge is 2.28. The number of nitrogens with one attached hydrogen (secondary N) is 1. The van der Waals surface area contributed by atoms with Crippen LogP contribution in [0.1, 0.15) is 12.8 Å². The van der Waals surface area contributed by atoms with Gasteiger partial charge in [-0.05, 0) is 36.6 Å². The molecule has 1 saturated heterocycles. The molecule has 1 aliphatic heterocycles. The molecular formula is C20H26N4OS. The Morgan fingerprint density at radius 1 is 1.19 bits per heavy atom. The van der Waals surface area contributed by atoms with Gasteiger partial charge in [0.15, 0.2) is 0 Å². The highest BCUT2D eigenvalue weighted by atomic mass is 32.1. The van der Waals surface area contributed by atoms with Gasteiger partial charge in [0, 0.05) is 50.4 Å². The molecule has 1 aromatic rings. The van der Waals surface area contributed by atoms with Gasteiger partial charge in [-0.25, -0.2) is 0 Å². The number of nitrogens with zero attached hydrogens (tertiary/aromatic N) is 3. The molecule has 0 unspecified atom stereocenters. The monoisotopic (exact) mass is 370 g/mol. The Bertz CT molecular complexity index is 719. The fourth-order valence-electron chi connectivity index (χ4n) is 3.24. The van der Waals surface area contributed by atoms with Gasteiger partial charge in [-0.3, -0.25) is 0 Å². The van der Waals surface area contributed by atoms with E-state index >= 15 is 0 Å². The van der Waals surface area contributed by atoms with Crippen molar-refractivity contribution in [3.8, 4) is 0 Å². The highest BCUT2D eigenvalue weighted by molar-refractivity contribution is 7.81. The first-order valence-corrected chi connectivity index (χ1v) is 9.39. The standard InChI is InChI=1S/C20H26N4OS/c1-23(2)21-11-10-16-8-9-18(19(16)24-12-14-25-15-13-24)20(26)22-17-6-4-3-5-7-17/h3-7,10-11H,8-9,12-15H2,1-2H3,(H,22,26)/b16-10+,21-11+. The van der Waals surface area contributed by atoms with Gasteiger partial charge in [0.25, 0.3) is 0 Å². The summed E-state index contributed by atoms with van der Waals surface area (Å²) in [7, 11) is 3.85. The third kappa shape index (κ3) is 4.71. The molecule has 1 N–H and O–H groups in total. The molecule has 5 nitrogen and oxygen atoms in total. The number of para-hydroxylation sites is 1. The van der Waals surface area contributed by atoms with Crippen molar-refractivity contribution in [1.29, 1.82) is 0 Å². The number of thiocarbonyl (C=S) groups is 1. The van der Waals surface area contributed by atoms with E-state index < -0.39 is 0 Å². The molecule has 0 amide bonds. The molecule has 1 heterocycles. The van der Waals surface area contributed by atoms with Gasteiger partial charge >= 0.3 is 0 Å². The van der Waals surface area contributed by atoms with Crippen LogP contribution in [0.15, 0.2) is 58.4 Å². The summed E-state index contributed by atoms with van der Waals surface area (Å²) in [4.78, 5) is 3.21. The summed E-state index contributed by atoms with van der Waals surface area (Å²) >= 11 is 5.75. The van der Waals surface area contributed by atoms with Gasteiger partial charge in [0.2, 0.25) is 0 Å². The quantitative estimate of drug-likeness (QED) is 0.489. The average Bonchev–Trinajstić information content (AvgIpc) is 3.07. The van der Waals surface area contributed by atoms with Crippen molar-refractivity contribution < 1.29 is 4.74 Å². The van der Waals surface area contributed by atoms with E-state index in [2.05, 4.69) is 21.4 Å². The summed E-state index contributed by atoms with van der Waals surface area (Å²) in [5, 5.41) is 9.52. The van der Waals surface area contributed by atoms with Crippen molar-refractivity contribution >= 4 is 29.1 Å². The van der Waals surface area contributed by atoms with Gasteiger partial charge in [-0.1, -0.05) is 30.4 Å². The lowest BCUT2D eigenvalue weighted by atomic mass is 10.1. The smallest absolute Gasteiger partial charge is 0.108 e. The summed E-state index contributed by atoms with van der Waals surface area (Å²) in [5.41, 5.74) is 4.80. The molecule has 6 heteroatoms. The number of morpholine rings is 1. The molecule has 1 aromatic carbocycles. The van der Waals surface area contributed by atoms with E-state index in [1.165, 1.54) is 16.8 Å². The predicted molar refractivity (Wildman–Crippen MR) is 112 cm³/mol. The summed E-state index contributed by atoms with van der Waals surface area (Å²) in [5.74, 6) is 0. The molecule has 1 fully saturated rings. The molecule has 0 atom stereocenters. The summed E-state index contributed by atoms with van der Waals surface area (Å²) < 4.78 is 5.53. The molecule has 26 heavy (non-hydrogen) atoms. The first-order valence-electron chi connectivity index (χ1n) is 8.98. The SMILES string of the molecule is CN(C)/N=C/C=C1\CCC(C(=S)Nc2ccccc2)=C1N1CCOCC1. The summed E-state index contributed by atoms with van der Waals surface area (Å²) in [6, 6.07) is 10.1. The minimum atomic E-state index is 0.759. The van der Waals surface area contributed by atoms with Crippen LogP contribution in [0.25, 0.3) is 0 Å². The lowest BCUT2D eigenvalue weighted by molar-refractivity contribution is 0.0548. The van der Waals surface area contributed by atoms with Crippen molar-refractivity contribution in [3.63, 3.8) is 0 Å². The van der Waals surface area contributed by atoms with Crippen molar-refractivity contribution in [2.45, 2.75) is 12.8 Å². The fraction of sp³-hybridized carbons (Fsp3) is 0.400. The molecule has 0 bridgehead atoms. The van der Waals surface area contributed by atoms with Crippen molar-refractivity contribution in [2.75, 3.05) is 45.7 Å². The second-order valence-corrected chi connectivity index (χ2v) is 6.96. The van der Waals surface area contributed by atoms with Crippen molar-refractivity contribution in [1.82, 2.24) is 9.91 Å². The Morgan fingerprint density at radius 3 is 2.62 bits per heavy atom. The number of hydrogen-bond acceptors (Lipinski definition) is 5. The highest BCUT2D eigenvalue weighted by Crippen LogP contribution is 2.35. The van der Waals surface area contributed by atoms with E-state index in [0.717, 1.165) is 49.8 Å². The third-order valence-electron chi connectivity index (χ3n) is 4.44. The number of anilines is 1. The first-order chi connectivity index (χ1) is 12.6. The van der Waals surface area contributed by atoms with Crippen LogP contribution in [-0.4, -0.2) is 61.5 Å². The maximum absolute atomic E-state index is 5.75. The number of benzene rings is 1. The molecule has 0 radical (unpaired) electrons. The van der Waals surface area contributed by atoms with E-state index in [0.29, 0.717) is 0 Å². The number of rotatable bonds is 5. The average molecular weight is 371 g/mol. The second kappa shape index (κ2) is 8.96. The van der Waals surface area contributed by atoms with Crippen molar-refractivity contribution in [3.05, 3.63) is 53.3 Å². The number of hydrazone groups is 1. The van der Waals surface area contributed by atoms with Gasteiger partial charge in [-0.2, -0.15) is 5.10 Å². The van der Waals surface area contributed by atoms with Crippen LogP contribution in [0.3, 0.4) is 0 Å². The first kappa shape index (κ1) is 18.6. The largest absolute Gasteiger partial charge is 0.378 e. The summed E-state index contributed by atoms with van der Waals surface area (Å²) in [6.07, 6.45) is 5.92. The van der Waals surface area contributed by atoms with E-state index in [9.17, 15) is 0 Å². The fourth-order valence-corrected chi connectivity index (χ4v) is 3.56. The molecule has 2 aliphatic rings. The van der Waals surface area contributed by atoms with Gasteiger partial charge in [0.1, 0.15) is 4.99 Å². The number of allylic oxidation sites excluding steroid dienone is 2. The molecule has 3 rings (SSSR count). The Labute approximate surface area is 161 Å².